The second-order valence-corrected chi connectivity index (χ2v) is 7.69. The van der Waals surface area contributed by atoms with Crippen molar-refractivity contribution in [3.05, 3.63) is 29.3 Å². The predicted octanol–water partition coefficient (Wildman–Crippen LogP) is 1.96. The third-order valence-corrected chi connectivity index (χ3v) is 5.65. The number of hydrogen-bond donors (Lipinski definition) is 1. The van der Waals surface area contributed by atoms with Crippen molar-refractivity contribution in [3.63, 3.8) is 0 Å². The molecule has 1 aliphatic heterocycles. The van der Waals surface area contributed by atoms with Gasteiger partial charge in [-0.25, -0.2) is 13.1 Å². The minimum absolute atomic E-state index is 0.131. The standard InChI is InChI=1S/C15H19NO4S/c1-10-2-3-11(6-10)15(17)16-21(18,19)14-5-4-12-8-20-9-13(12)7-14/h4-5,7,10-11H,2-3,6,8-9H2,1H3,(H,16,17). The first-order valence-corrected chi connectivity index (χ1v) is 8.70. The Balaban J connectivity index is 1.76. The molecule has 2 unspecified atom stereocenters. The summed E-state index contributed by atoms with van der Waals surface area (Å²) in [4.78, 5) is 12.2. The van der Waals surface area contributed by atoms with Crippen LogP contribution in [0.2, 0.25) is 0 Å². The second kappa shape index (κ2) is 5.42. The lowest BCUT2D eigenvalue weighted by molar-refractivity contribution is -0.123. The predicted molar refractivity (Wildman–Crippen MR) is 76.8 cm³/mol. The number of carbonyl (C=O) groups excluding carboxylic acids is 1. The molecule has 1 amide bonds. The number of carbonyl (C=O) groups is 1. The first-order valence-electron chi connectivity index (χ1n) is 7.22. The van der Waals surface area contributed by atoms with Crippen molar-refractivity contribution in [1.82, 2.24) is 4.72 Å². The monoisotopic (exact) mass is 309 g/mol. The lowest BCUT2D eigenvalue weighted by atomic mass is 10.1. The van der Waals surface area contributed by atoms with Gasteiger partial charge < -0.3 is 4.74 Å². The van der Waals surface area contributed by atoms with Crippen LogP contribution in [-0.4, -0.2) is 14.3 Å². The van der Waals surface area contributed by atoms with Gasteiger partial charge in [0.05, 0.1) is 18.1 Å². The van der Waals surface area contributed by atoms with Crippen LogP contribution in [0.4, 0.5) is 0 Å². The lowest BCUT2D eigenvalue weighted by Crippen LogP contribution is -2.34. The lowest BCUT2D eigenvalue weighted by Gasteiger charge is -2.12. The van der Waals surface area contributed by atoms with E-state index in [1.165, 1.54) is 6.07 Å². The molecule has 3 rings (SSSR count). The Morgan fingerprint density at radius 2 is 2.00 bits per heavy atom. The number of amides is 1. The normalized spacial score (nSPS) is 24.8. The van der Waals surface area contributed by atoms with Gasteiger partial charge in [-0.05, 0) is 48.4 Å². The topological polar surface area (TPSA) is 72.5 Å². The molecular formula is C15H19NO4S. The van der Waals surface area contributed by atoms with Gasteiger partial charge in [0.1, 0.15) is 0 Å². The van der Waals surface area contributed by atoms with Crippen molar-refractivity contribution in [2.24, 2.45) is 11.8 Å². The molecule has 2 aliphatic rings. The van der Waals surface area contributed by atoms with Gasteiger partial charge in [0.2, 0.25) is 5.91 Å². The number of nitrogens with one attached hydrogen (secondary N) is 1. The first kappa shape index (κ1) is 14.5. The molecule has 21 heavy (non-hydrogen) atoms. The molecule has 1 fully saturated rings. The quantitative estimate of drug-likeness (QED) is 0.926. The van der Waals surface area contributed by atoms with Gasteiger partial charge in [-0.15, -0.1) is 0 Å². The summed E-state index contributed by atoms with van der Waals surface area (Å²) < 4.78 is 32.1. The Morgan fingerprint density at radius 1 is 1.24 bits per heavy atom. The zero-order chi connectivity index (χ0) is 15.0. The Hall–Kier alpha value is -1.40. The second-order valence-electron chi connectivity index (χ2n) is 6.01. The Labute approximate surface area is 124 Å². The number of benzene rings is 1. The number of rotatable bonds is 3. The number of fused-ring (bicyclic) bond motifs is 1. The molecule has 1 saturated carbocycles. The van der Waals surface area contributed by atoms with Gasteiger partial charge in [-0.1, -0.05) is 13.0 Å². The van der Waals surface area contributed by atoms with Gasteiger partial charge >= 0.3 is 0 Å². The van der Waals surface area contributed by atoms with Crippen molar-refractivity contribution < 1.29 is 17.9 Å². The molecule has 6 heteroatoms. The van der Waals surface area contributed by atoms with Gasteiger partial charge in [0.15, 0.2) is 0 Å². The largest absolute Gasteiger partial charge is 0.372 e. The van der Waals surface area contributed by atoms with E-state index in [0.29, 0.717) is 19.1 Å². The highest BCUT2D eigenvalue weighted by Gasteiger charge is 2.30. The number of hydrogen-bond acceptors (Lipinski definition) is 4. The van der Waals surface area contributed by atoms with Gasteiger partial charge in [0.25, 0.3) is 10.0 Å². The van der Waals surface area contributed by atoms with Crippen LogP contribution in [0.3, 0.4) is 0 Å². The van der Waals surface area contributed by atoms with Crippen LogP contribution in [0.15, 0.2) is 23.1 Å². The maximum atomic E-state index is 12.3. The summed E-state index contributed by atoms with van der Waals surface area (Å²) in [7, 11) is -3.79. The molecule has 1 N–H and O–H groups in total. The molecule has 0 spiro atoms. The molecule has 0 radical (unpaired) electrons. The van der Waals surface area contributed by atoms with Gasteiger partial charge in [-0.2, -0.15) is 0 Å². The van der Waals surface area contributed by atoms with E-state index in [-0.39, 0.29) is 16.7 Å². The smallest absolute Gasteiger partial charge is 0.264 e. The van der Waals surface area contributed by atoms with Crippen LogP contribution in [0.1, 0.15) is 37.3 Å². The van der Waals surface area contributed by atoms with E-state index in [1.807, 2.05) is 0 Å². The highest BCUT2D eigenvalue weighted by molar-refractivity contribution is 7.90. The third kappa shape index (κ3) is 2.96. The fourth-order valence-electron chi connectivity index (χ4n) is 3.04. The summed E-state index contributed by atoms with van der Waals surface area (Å²) in [6, 6.07) is 4.87. The maximum absolute atomic E-state index is 12.3. The van der Waals surface area contributed by atoms with Crippen LogP contribution < -0.4 is 4.72 Å². The van der Waals surface area contributed by atoms with Crippen LogP contribution in [0.5, 0.6) is 0 Å². The summed E-state index contributed by atoms with van der Waals surface area (Å²) in [5.74, 6) is -0.0794. The van der Waals surface area contributed by atoms with E-state index in [0.717, 1.165) is 30.4 Å². The summed E-state index contributed by atoms with van der Waals surface area (Å²) in [6.07, 6.45) is 2.51. The molecule has 1 aromatic carbocycles. The maximum Gasteiger partial charge on any atom is 0.264 e. The molecule has 0 bridgehead atoms. The SMILES string of the molecule is CC1CCC(C(=O)NS(=O)(=O)c2ccc3c(c2)COC3)C1. The zero-order valence-corrected chi connectivity index (χ0v) is 12.8. The molecule has 0 saturated heterocycles. The van der Waals surface area contributed by atoms with Crippen molar-refractivity contribution in [1.29, 1.82) is 0 Å². The van der Waals surface area contributed by atoms with Crippen LogP contribution in [0, 0.1) is 11.8 Å². The van der Waals surface area contributed by atoms with E-state index < -0.39 is 10.0 Å². The van der Waals surface area contributed by atoms with Crippen LogP contribution >= 0.6 is 0 Å². The number of sulfonamides is 1. The molecular weight excluding hydrogens is 290 g/mol. The minimum atomic E-state index is -3.79. The van der Waals surface area contributed by atoms with E-state index >= 15 is 0 Å². The summed E-state index contributed by atoms with van der Waals surface area (Å²) in [5.41, 5.74) is 1.88. The Morgan fingerprint density at radius 3 is 2.71 bits per heavy atom. The molecule has 1 heterocycles. The summed E-state index contributed by atoms with van der Waals surface area (Å²) in [6.45, 7) is 3.02. The average molecular weight is 309 g/mol. The Kier molecular flexibility index (Phi) is 3.75. The van der Waals surface area contributed by atoms with Gasteiger partial charge in [0, 0.05) is 5.92 Å². The fraction of sp³-hybridized carbons (Fsp3) is 0.533. The van der Waals surface area contributed by atoms with Crippen molar-refractivity contribution >= 4 is 15.9 Å². The fourth-order valence-corrected chi connectivity index (χ4v) is 4.13. The molecule has 2 atom stereocenters. The minimum Gasteiger partial charge on any atom is -0.372 e. The van der Waals surface area contributed by atoms with E-state index in [2.05, 4.69) is 11.6 Å². The van der Waals surface area contributed by atoms with E-state index in [4.69, 9.17) is 4.74 Å². The van der Waals surface area contributed by atoms with E-state index in [9.17, 15) is 13.2 Å². The first-order chi connectivity index (χ1) is 9.95. The highest BCUT2D eigenvalue weighted by Crippen LogP contribution is 2.31. The van der Waals surface area contributed by atoms with Crippen LogP contribution in [0.25, 0.3) is 0 Å². The molecule has 5 nitrogen and oxygen atoms in total. The summed E-state index contributed by atoms with van der Waals surface area (Å²) in [5, 5.41) is 0. The van der Waals surface area contributed by atoms with Crippen molar-refractivity contribution in [2.75, 3.05) is 0 Å². The van der Waals surface area contributed by atoms with Crippen LogP contribution in [-0.2, 0) is 32.8 Å². The molecule has 1 aromatic rings. The highest BCUT2D eigenvalue weighted by atomic mass is 32.2. The van der Waals surface area contributed by atoms with E-state index in [1.54, 1.807) is 12.1 Å². The van der Waals surface area contributed by atoms with Crippen molar-refractivity contribution in [2.45, 2.75) is 44.3 Å². The Bertz CT molecular complexity index is 668. The van der Waals surface area contributed by atoms with Crippen molar-refractivity contribution in [3.8, 4) is 0 Å². The molecule has 1 aliphatic carbocycles. The van der Waals surface area contributed by atoms with Gasteiger partial charge in [-0.3, -0.25) is 4.79 Å². The third-order valence-electron chi connectivity index (χ3n) is 4.30. The number of ether oxygens (including phenoxy) is 1. The average Bonchev–Trinajstić information content (AvgIpc) is 3.05. The molecule has 114 valence electrons. The summed E-state index contributed by atoms with van der Waals surface area (Å²) >= 11 is 0. The zero-order valence-electron chi connectivity index (χ0n) is 12.0. The molecule has 0 aromatic heterocycles.